The molecular formula is C17H10BrF2N5O. The van der Waals surface area contributed by atoms with E-state index in [1.165, 1.54) is 12.4 Å². The van der Waals surface area contributed by atoms with Crippen LogP contribution in [0.25, 0.3) is 17.0 Å². The predicted molar refractivity (Wildman–Crippen MR) is 92.8 cm³/mol. The molecule has 26 heavy (non-hydrogen) atoms. The van der Waals surface area contributed by atoms with E-state index in [4.69, 9.17) is 4.74 Å². The third-order valence-electron chi connectivity index (χ3n) is 3.61. The summed E-state index contributed by atoms with van der Waals surface area (Å²) < 4.78 is 36.4. The lowest BCUT2D eigenvalue weighted by Crippen LogP contribution is -2.05. The van der Waals surface area contributed by atoms with Crippen molar-refractivity contribution in [3.8, 4) is 11.7 Å². The van der Waals surface area contributed by atoms with Gasteiger partial charge in [0.1, 0.15) is 17.6 Å². The van der Waals surface area contributed by atoms with Gasteiger partial charge in [-0.3, -0.25) is 0 Å². The van der Waals surface area contributed by atoms with E-state index in [0.717, 1.165) is 16.3 Å². The number of benzene rings is 2. The first-order chi connectivity index (χ1) is 12.6. The normalized spacial score (nSPS) is 11.0. The van der Waals surface area contributed by atoms with Crippen molar-refractivity contribution >= 4 is 27.0 Å². The number of hydrogen-bond donors (Lipinski definition) is 0. The van der Waals surface area contributed by atoms with Crippen molar-refractivity contribution in [2.45, 2.75) is 6.61 Å². The van der Waals surface area contributed by atoms with E-state index >= 15 is 0 Å². The fourth-order valence-corrected chi connectivity index (χ4v) is 2.62. The first-order valence-electron chi connectivity index (χ1n) is 7.51. The summed E-state index contributed by atoms with van der Waals surface area (Å²) in [7, 11) is 0. The van der Waals surface area contributed by atoms with E-state index in [-0.39, 0.29) is 23.6 Å². The lowest BCUT2D eigenvalue weighted by Gasteiger charge is -2.09. The molecule has 0 saturated heterocycles. The number of halogens is 3. The Hall–Kier alpha value is -2.94. The van der Waals surface area contributed by atoms with Gasteiger partial charge >= 0.3 is 0 Å². The molecule has 0 N–H and O–H groups in total. The minimum absolute atomic E-state index is 0.0243. The molecule has 4 rings (SSSR count). The lowest BCUT2D eigenvalue weighted by molar-refractivity contribution is 0.275. The number of rotatable bonds is 4. The second kappa shape index (κ2) is 6.75. The largest absolute Gasteiger partial charge is 0.483 e. The second-order valence-corrected chi connectivity index (χ2v) is 6.26. The molecule has 2 aromatic heterocycles. The Bertz CT molecular complexity index is 1070. The summed E-state index contributed by atoms with van der Waals surface area (Å²) in [6.45, 7) is 0.0243. The number of hydrogen-bond acceptors (Lipinski definition) is 5. The van der Waals surface area contributed by atoms with Crippen molar-refractivity contribution in [2.24, 2.45) is 0 Å². The summed E-state index contributed by atoms with van der Waals surface area (Å²) in [6.07, 6.45) is 2.98. The van der Waals surface area contributed by atoms with Crippen LogP contribution >= 0.6 is 15.9 Å². The zero-order valence-corrected chi connectivity index (χ0v) is 14.7. The van der Waals surface area contributed by atoms with Crippen LogP contribution in [0.4, 0.5) is 8.78 Å². The highest BCUT2D eigenvalue weighted by atomic mass is 79.9. The van der Waals surface area contributed by atoms with E-state index < -0.39 is 17.4 Å². The molecule has 0 aliphatic heterocycles. The zero-order chi connectivity index (χ0) is 18.1. The van der Waals surface area contributed by atoms with Crippen LogP contribution < -0.4 is 4.74 Å². The van der Waals surface area contributed by atoms with Gasteiger partial charge < -0.3 is 4.74 Å². The standard InChI is InChI=1S/C17H10BrF2N5O/c18-11-7-21-17(22-8-11)25-15-13(23-24-25)6-12(19)16(14(15)20)26-9-10-4-2-1-3-5-10/h1-8H,9H2. The highest BCUT2D eigenvalue weighted by molar-refractivity contribution is 9.10. The van der Waals surface area contributed by atoms with Crippen LogP contribution in [-0.4, -0.2) is 25.0 Å². The molecule has 0 aliphatic rings. The van der Waals surface area contributed by atoms with Crippen LogP contribution in [0.3, 0.4) is 0 Å². The average molecular weight is 418 g/mol. The van der Waals surface area contributed by atoms with Gasteiger partial charge in [0.15, 0.2) is 17.4 Å². The Kier molecular flexibility index (Phi) is 4.29. The highest BCUT2D eigenvalue weighted by Crippen LogP contribution is 2.30. The van der Waals surface area contributed by atoms with Gasteiger partial charge in [0.25, 0.3) is 5.95 Å². The van der Waals surface area contributed by atoms with Gasteiger partial charge in [0.2, 0.25) is 0 Å². The quantitative estimate of drug-likeness (QED) is 0.504. The molecule has 0 radical (unpaired) electrons. The van der Waals surface area contributed by atoms with Crippen LogP contribution in [0, 0.1) is 11.6 Å². The van der Waals surface area contributed by atoms with E-state index in [2.05, 4.69) is 36.2 Å². The summed E-state index contributed by atoms with van der Waals surface area (Å²) in [5, 5.41) is 7.60. The van der Waals surface area contributed by atoms with E-state index in [1.54, 1.807) is 12.1 Å². The number of ether oxygens (including phenoxy) is 1. The molecule has 4 aromatic rings. The maximum atomic E-state index is 15.0. The van der Waals surface area contributed by atoms with Gasteiger partial charge in [-0.1, -0.05) is 35.5 Å². The van der Waals surface area contributed by atoms with Crippen LogP contribution in [0.1, 0.15) is 5.56 Å². The smallest absolute Gasteiger partial charge is 0.252 e. The van der Waals surface area contributed by atoms with E-state index in [0.29, 0.717) is 4.47 Å². The molecule has 0 atom stereocenters. The van der Waals surface area contributed by atoms with Crippen LogP contribution in [0.5, 0.6) is 5.75 Å². The molecule has 9 heteroatoms. The number of nitrogens with zero attached hydrogens (tertiary/aromatic N) is 5. The lowest BCUT2D eigenvalue weighted by atomic mass is 10.2. The van der Waals surface area contributed by atoms with Crippen LogP contribution in [0.2, 0.25) is 0 Å². The third kappa shape index (κ3) is 3.01. The molecule has 0 unspecified atom stereocenters. The van der Waals surface area contributed by atoms with Crippen molar-refractivity contribution in [3.05, 3.63) is 70.5 Å². The predicted octanol–water partition coefficient (Wildman–Crippen LogP) is 3.83. The summed E-state index contributed by atoms with van der Waals surface area (Å²) in [4.78, 5) is 8.12. The van der Waals surface area contributed by atoms with Crippen molar-refractivity contribution in [3.63, 3.8) is 0 Å². The van der Waals surface area contributed by atoms with Crippen LogP contribution in [-0.2, 0) is 6.61 Å². The fraction of sp³-hybridized carbons (Fsp3) is 0.0588. The summed E-state index contributed by atoms with van der Waals surface area (Å²) in [5.74, 6) is -2.15. The molecule has 0 saturated carbocycles. The average Bonchev–Trinajstić information content (AvgIpc) is 3.07. The van der Waals surface area contributed by atoms with Crippen molar-refractivity contribution in [1.29, 1.82) is 0 Å². The molecule has 0 fully saturated rings. The van der Waals surface area contributed by atoms with Gasteiger partial charge in [-0.25, -0.2) is 18.7 Å². The Labute approximate surface area is 154 Å². The zero-order valence-electron chi connectivity index (χ0n) is 13.1. The van der Waals surface area contributed by atoms with E-state index in [9.17, 15) is 8.78 Å². The molecule has 2 aromatic carbocycles. The summed E-state index contributed by atoms with van der Waals surface area (Å²) in [5.41, 5.74) is 0.768. The second-order valence-electron chi connectivity index (χ2n) is 5.35. The summed E-state index contributed by atoms with van der Waals surface area (Å²) >= 11 is 3.22. The Morgan fingerprint density at radius 1 is 1.08 bits per heavy atom. The van der Waals surface area contributed by atoms with Crippen molar-refractivity contribution in [1.82, 2.24) is 25.0 Å². The van der Waals surface area contributed by atoms with Crippen LogP contribution in [0.15, 0.2) is 53.3 Å². The molecule has 6 nitrogen and oxygen atoms in total. The molecule has 0 aliphatic carbocycles. The van der Waals surface area contributed by atoms with Gasteiger partial charge in [0.05, 0.1) is 4.47 Å². The summed E-state index contributed by atoms with van der Waals surface area (Å²) in [6, 6.07) is 10.2. The fourth-order valence-electron chi connectivity index (χ4n) is 2.41. The topological polar surface area (TPSA) is 65.7 Å². The van der Waals surface area contributed by atoms with Gasteiger partial charge in [0, 0.05) is 18.5 Å². The minimum Gasteiger partial charge on any atom is -0.483 e. The maximum absolute atomic E-state index is 15.0. The number of fused-ring (bicyclic) bond motifs is 1. The van der Waals surface area contributed by atoms with Gasteiger partial charge in [-0.2, -0.15) is 4.68 Å². The van der Waals surface area contributed by atoms with E-state index in [1.807, 2.05) is 18.2 Å². The SMILES string of the molecule is Fc1cc2nnn(-c3ncc(Br)cn3)c2c(F)c1OCc1ccccc1. The van der Waals surface area contributed by atoms with Crippen molar-refractivity contribution in [2.75, 3.05) is 0 Å². The van der Waals surface area contributed by atoms with Gasteiger partial charge in [-0.05, 0) is 21.5 Å². The first kappa shape index (κ1) is 16.5. The monoisotopic (exact) mass is 417 g/mol. The molecule has 0 bridgehead atoms. The maximum Gasteiger partial charge on any atom is 0.252 e. The molecule has 130 valence electrons. The Balaban J connectivity index is 1.76. The van der Waals surface area contributed by atoms with Crippen molar-refractivity contribution < 1.29 is 13.5 Å². The highest BCUT2D eigenvalue weighted by Gasteiger charge is 2.22. The molecule has 0 amide bonds. The molecule has 0 spiro atoms. The molecule has 2 heterocycles. The minimum atomic E-state index is -0.910. The number of aromatic nitrogens is 5. The van der Waals surface area contributed by atoms with Gasteiger partial charge in [-0.15, -0.1) is 5.10 Å². The third-order valence-corrected chi connectivity index (χ3v) is 4.02. The first-order valence-corrected chi connectivity index (χ1v) is 8.31. The Morgan fingerprint density at radius 2 is 1.81 bits per heavy atom. The molecular weight excluding hydrogens is 408 g/mol. The Morgan fingerprint density at radius 3 is 2.54 bits per heavy atom.